The van der Waals surface area contributed by atoms with Crippen LogP contribution in [-0.2, 0) is 0 Å². The fourth-order valence-electron chi connectivity index (χ4n) is 2.72. The largest absolute Gasteiger partial charge is 0.497 e. The van der Waals surface area contributed by atoms with E-state index in [0.29, 0.717) is 34.1 Å². The van der Waals surface area contributed by atoms with Gasteiger partial charge in [-0.3, -0.25) is 4.79 Å². The zero-order chi connectivity index (χ0) is 18.8. The standard InChI is InChI=1S/C21H17N3O3/c1-13-5-6-15(21-24-19-18(27-21)4-3-11-22-19)12-17(13)23-20(25)14-7-9-16(26-2)10-8-14/h3-12H,1-2H3,(H,23,25). The summed E-state index contributed by atoms with van der Waals surface area (Å²) < 4.78 is 10.9. The third-order valence-electron chi connectivity index (χ3n) is 4.25. The number of methoxy groups -OCH3 is 1. The summed E-state index contributed by atoms with van der Waals surface area (Å²) in [4.78, 5) is 21.1. The lowest BCUT2D eigenvalue weighted by molar-refractivity contribution is 0.102. The maximum Gasteiger partial charge on any atom is 0.255 e. The van der Waals surface area contributed by atoms with Crippen LogP contribution in [0.15, 0.2) is 65.2 Å². The van der Waals surface area contributed by atoms with E-state index in [1.54, 1.807) is 43.6 Å². The third kappa shape index (κ3) is 3.37. The molecule has 0 fully saturated rings. The van der Waals surface area contributed by atoms with Crippen molar-refractivity contribution in [2.45, 2.75) is 6.92 Å². The molecule has 1 N–H and O–H groups in total. The lowest BCUT2D eigenvalue weighted by atomic mass is 10.1. The van der Waals surface area contributed by atoms with E-state index in [-0.39, 0.29) is 5.91 Å². The molecule has 6 heteroatoms. The lowest BCUT2D eigenvalue weighted by Gasteiger charge is -2.10. The predicted octanol–water partition coefficient (Wildman–Crippen LogP) is 4.46. The first-order chi connectivity index (χ1) is 13.1. The quantitative estimate of drug-likeness (QED) is 0.582. The van der Waals surface area contributed by atoms with Crippen LogP contribution in [0, 0.1) is 6.92 Å². The zero-order valence-electron chi connectivity index (χ0n) is 14.9. The first-order valence-corrected chi connectivity index (χ1v) is 8.42. The van der Waals surface area contributed by atoms with Gasteiger partial charge in [-0.25, -0.2) is 4.98 Å². The van der Waals surface area contributed by atoms with E-state index in [9.17, 15) is 4.79 Å². The van der Waals surface area contributed by atoms with Gasteiger partial charge in [-0.1, -0.05) is 6.07 Å². The molecule has 1 amide bonds. The molecule has 0 aliphatic heterocycles. The smallest absolute Gasteiger partial charge is 0.255 e. The molecule has 6 nitrogen and oxygen atoms in total. The Morgan fingerprint density at radius 3 is 2.67 bits per heavy atom. The summed E-state index contributed by atoms with van der Waals surface area (Å²) in [7, 11) is 1.59. The first kappa shape index (κ1) is 16.8. The van der Waals surface area contributed by atoms with Gasteiger partial charge in [0.05, 0.1) is 7.11 Å². The number of oxazole rings is 1. The number of benzene rings is 2. The number of nitrogens with one attached hydrogen (secondary N) is 1. The summed E-state index contributed by atoms with van der Waals surface area (Å²) in [5.41, 5.74) is 4.13. The molecule has 0 aliphatic rings. The average molecular weight is 359 g/mol. The van der Waals surface area contributed by atoms with Crippen molar-refractivity contribution in [2.75, 3.05) is 12.4 Å². The Morgan fingerprint density at radius 1 is 1.11 bits per heavy atom. The van der Waals surface area contributed by atoms with Crippen LogP contribution in [0.25, 0.3) is 22.7 Å². The van der Waals surface area contributed by atoms with Crippen molar-refractivity contribution in [3.8, 4) is 17.2 Å². The minimum Gasteiger partial charge on any atom is -0.497 e. The highest BCUT2D eigenvalue weighted by molar-refractivity contribution is 6.05. The number of nitrogens with zero attached hydrogens (tertiary/aromatic N) is 2. The summed E-state index contributed by atoms with van der Waals surface area (Å²) >= 11 is 0. The summed E-state index contributed by atoms with van der Waals surface area (Å²) in [6.45, 7) is 1.93. The molecule has 0 radical (unpaired) electrons. The van der Waals surface area contributed by atoms with Crippen molar-refractivity contribution < 1.29 is 13.9 Å². The monoisotopic (exact) mass is 359 g/mol. The average Bonchev–Trinajstić information content (AvgIpc) is 3.14. The van der Waals surface area contributed by atoms with E-state index < -0.39 is 0 Å². The second-order valence-corrected chi connectivity index (χ2v) is 6.06. The highest BCUT2D eigenvalue weighted by atomic mass is 16.5. The topological polar surface area (TPSA) is 77.2 Å². The second kappa shape index (κ2) is 6.92. The van der Waals surface area contributed by atoms with Gasteiger partial charge >= 0.3 is 0 Å². The Bertz CT molecular complexity index is 1080. The fraction of sp³-hybridized carbons (Fsp3) is 0.0952. The van der Waals surface area contributed by atoms with Crippen LogP contribution in [0.2, 0.25) is 0 Å². The Labute approximate surface area is 155 Å². The number of pyridine rings is 1. The first-order valence-electron chi connectivity index (χ1n) is 8.42. The minimum atomic E-state index is -0.197. The molecule has 2 heterocycles. The second-order valence-electron chi connectivity index (χ2n) is 6.06. The summed E-state index contributed by atoms with van der Waals surface area (Å²) in [5.74, 6) is 0.968. The molecule has 0 atom stereocenters. The van der Waals surface area contributed by atoms with Crippen LogP contribution in [0.1, 0.15) is 15.9 Å². The van der Waals surface area contributed by atoms with Gasteiger partial charge in [0.2, 0.25) is 5.89 Å². The van der Waals surface area contributed by atoms with Crippen molar-refractivity contribution >= 4 is 22.8 Å². The van der Waals surface area contributed by atoms with Gasteiger partial charge in [0.15, 0.2) is 11.2 Å². The van der Waals surface area contributed by atoms with Crippen LogP contribution in [-0.4, -0.2) is 23.0 Å². The maximum atomic E-state index is 12.6. The number of anilines is 1. The number of carbonyl (C=O) groups is 1. The van der Waals surface area contributed by atoms with Gasteiger partial charge in [-0.2, -0.15) is 4.98 Å². The number of fused-ring (bicyclic) bond motifs is 1. The minimum absolute atomic E-state index is 0.197. The molecule has 2 aromatic carbocycles. The summed E-state index contributed by atoms with van der Waals surface area (Å²) in [6, 6.07) is 16.2. The van der Waals surface area contributed by atoms with Gasteiger partial charge < -0.3 is 14.5 Å². The molecule has 0 unspecified atom stereocenters. The fourth-order valence-corrected chi connectivity index (χ4v) is 2.72. The van der Waals surface area contributed by atoms with E-state index in [2.05, 4.69) is 15.3 Å². The number of carbonyl (C=O) groups excluding carboxylic acids is 1. The van der Waals surface area contributed by atoms with Gasteiger partial charge in [-0.15, -0.1) is 0 Å². The Balaban J connectivity index is 1.62. The van der Waals surface area contributed by atoms with Crippen LogP contribution in [0.5, 0.6) is 5.75 Å². The Hall–Kier alpha value is -3.67. The number of ether oxygens (including phenoxy) is 1. The number of aryl methyl sites for hydroxylation is 1. The van der Waals surface area contributed by atoms with Gasteiger partial charge in [0.1, 0.15) is 5.75 Å². The van der Waals surface area contributed by atoms with Crippen molar-refractivity contribution in [2.24, 2.45) is 0 Å². The molecule has 0 spiro atoms. The Morgan fingerprint density at radius 2 is 1.93 bits per heavy atom. The van der Waals surface area contributed by atoms with Gasteiger partial charge in [0.25, 0.3) is 5.91 Å². The highest BCUT2D eigenvalue weighted by Crippen LogP contribution is 2.27. The molecule has 2 aromatic heterocycles. The summed E-state index contributed by atoms with van der Waals surface area (Å²) in [6.07, 6.45) is 1.67. The number of rotatable bonds is 4. The van der Waals surface area contributed by atoms with Crippen LogP contribution in [0.4, 0.5) is 5.69 Å². The molecule has 27 heavy (non-hydrogen) atoms. The number of hydrogen-bond donors (Lipinski definition) is 1. The van der Waals surface area contributed by atoms with Crippen molar-refractivity contribution in [3.63, 3.8) is 0 Å². The predicted molar refractivity (Wildman–Crippen MR) is 103 cm³/mol. The van der Waals surface area contributed by atoms with Crippen molar-refractivity contribution in [3.05, 3.63) is 71.9 Å². The molecular weight excluding hydrogens is 342 g/mol. The maximum absolute atomic E-state index is 12.6. The molecule has 4 rings (SSSR count). The summed E-state index contributed by atoms with van der Waals surface area (Å²) in [5, 5.41) is 2.94. The highest BCUT2D eigenvalue weighted by Gasteiger charge is 2.13. The zero-order valence-corrected chi connectivity index (χ0v) is 14.9. The van der Waals surface area contributed by atoms with Crippen LogP contribution >= 0.6 is 0 Å². The van der Waals surface area contributed by atoms with Crippen LogP contribution in [0.3, 0.4) is 0 Å². The molecule has 0 saturated heterocycles. The van der Waals surface area contributed by atoms with Crippen molar-refractivity contribution in [1.82, 2.24) is 9.97 Å². The van der Waals surface area contributed by atoms with E-state index in [0.717, 1.165) is 11.1 Å². The van der Waals surface area contributed by atoms with E-state index >= 15 is 0 Å². The number of amides is 1. The van der Waals surface area contributed by atoms with Crippen molar-refractivity contribution in [1.29, 1.82) is 0 Å². The Kier molecular flexibility index (Phi) is 4.30. The third-order valence-corrected chi connectivity index (χ3v) is 4.25. The van der Waals surface area contributed by atoms with Gasteiger partial charge in [0, 0.05) is 23.0 Å². The molecule has 4 aromatic rings. The van der Waals surface area contributed by atoms with E-state index in [1.165, 1.54) is 0 Å². The number of aromatic nitrogens is 2. The molecule has 0 aliphatic carbocycles. The van der Waals surface area contributed by atoms with Crippen LogP contribution < -0.4 is 10.1 Å². The molecule has 134 valence electrons. The lowest BCUT2D eigenvalue weighted by Crippen LogP contribution is -2.12. The molecule has 0 bridgehead atoms. The van der Waals surface area contributed by atoms with Gasteiger partial charge in [-0.05, 0) is 61.0 Å². The molecular formula is C21H17N3O3. The van der Waals surface area contributed by atoms with E-state index in [4.69, 9.17) is 9.15 Å². The number of hydrogen-bond acceptors (Lipinski definition) is 5. The normalized spacial score (nSPS) is 10.7. The molecule has 0 saturated carbocycles. The SMILES string of the molecule is COc1ccc(C(=O)Nc2cc(-c3nc4ncccc4o3)ccc2C)cc1. The van der Waals surface area contributed by atoms with E-state index in [1.807, 2.05) is 31.2 Å².